The normalized spacial score (nSPS) is 10.3. The van der Waals surface area contributed by atoms with Crippen LogP contribution in [0.1, 0.15) is 0 Å². The van der Waals surface area contributed by atoms with E-state index in [2.05, 4.69) is 15.9 Å². The summed E-state index contributed by atoms with van der Waals surface area (Å²) in [6.45, 7) is 0.479. The fourth-order valence-electron chi connectivity index (χ4n) is 1.42. The summed E-state index contributed by atoms with van der Waals surface area (Å²) in [7, 11) is 0. The zero-order valence-corrected chi connectivity index (χ0v) is 12.0. The van der Waals surface area contributed by atoms with Gasteiger partial charge in [-0.15, -0.1) is 11.8 Å². The summed E-state index contributed by atoms with van der Waals surface area (Å²) in [5, 5.41) is 0. The van der Waals surface area contributed by atoms with E-state index in [-0.39, 0.29) is 11.6 Å². The Kier molecular flexibility index (Phi) is 5.08. The molecule has 18 heavy (non-hydrogen) atoms. The first-order chi connectivity index (χ1) is 8.75. The van der Waals surface area contributed by atoms with Crippen molar-refractivity contribution >= 4 is 27.7 Å². The van der Waals surface area contributed by atoms with Gasteiger partial charge in [0.15, 0.2) is 11.6 Å². The number of hydrogen-bond acceptors (Lipinski definition) is 2. The Bertz CT molecular complexity index is 504. The zero-order chi connectivity index (χ0) is 12.8. The van der Waals surface area contributed by atoms with Gasteiger partial charge >= 0.3 is 0 Å². The van der Waals surface area contributed by atoms with Gasteiger partial charge in [0.05, 0.1) is 6.61 Å². The van der Waals surface area contributed by atoms with Crippen molar-refractivity contribution < 1.29 is 9.13 Å². The predicted octanol–water partition coefficient (Wildman–Crippen LogP) is 4.76. The van der Waals surface area contributed by atoms with Crippen LogP contribution in [0.15, 0.2) is 57.9 Å². The van der Waals surface area contributed by atoms with Gasteiger partial charge in [0.2, 0.25) is 0 Å². The van der Waals surface area contributed by atoms with Crippen molar-refractivity contribution in [3.8, 4) is 5.75 Å². The molecule has 1 nitrogen and oxygen atoms in total. The molecule has 0 fully saturated rings. The fourth-order valence-corrected chi connectivity index (χ4v) is 2.51. The average Bonchev–Trinajstić information content (AvgIpc) is 2.40. The van der Waals surface area contributed by atoms with Crippen LogP contribution in [-0.2, 0) is 0 Å². The second-order valence-electron chi connectivity index (χ2n) is 3.58. The third-order valence-corrected chi connectivity index (χ3v) is 3.72. The summed E-state index contributed by atoms with van der Waals surface area (Å²) >= 11 is 4.98. The Balaban J connectivity index is 1.80. The Morgan fingerprint density at radius 1 is 1.11 bits per heavy atom. The van der Waals surface area contributed by atoms with Crippen molar-refractivity contribution in [3.63, 3.8) is 0 Å². The molecule has 0 saturated carbocycles. The van der Waals surface area contributed by atoms with E-state index in [1.165, 1.54) is 11.0 Å². The lowest BCUT2D eigenvalue weighted by atomic mass is 10.3. The van der Waals surface area contributed by atoms with E-state index >= 15 is 0 Å². The number of hydrogen-bond donors (Lipinski definition) is 0. The molecule has 0 heterocycles. The molecule has 0 aliphatic carbocycles. The van der Waals surface area contributed by atoms with E-state index < -0.39 is 0 Å². The third kappa shape index (κ3) is 4.03. The minimum absolute atomic E-state index is 0.290. The molecule has 0 saturated heterocycles. The summed E-state index contributed by atoms with van der Waals surface area (Å²) in [6, 6.07) is 14.8. The van der Waals surface area contributed by atoms with E-state index in [0.717, 1.165) is 10.2 Å². The number of thioether (sulfide) groups is 1. The van der Waals surface area contributed by atoms with Gasteiger partial charge in [-0.05, 0) is 30.3 Å². The molecule has 0 atom stereocenters. The largest absolute Gasteiger partial charge is 0.490 e. The topological polar surface area (TPSA) is 9.23 Å². The lowest BCUT2D eigenvalue weighted by Gasteiger charge is -2.07. The van der Waals surface area contributed by atoms with Crippen molar-refractivity contribution in [2.75, 3.05) is 12.4 Å². The van der Waals surface area contributed by atoms with Crippen LogP contribution in [0, 0.1) is 5.82 Å². The van der Waals surface area contributed by atoms with Gasteiger partial charge in [0.1, 0.15) is 0 Å². The van der Waals surface area contributed by atoms with Crippen molar-refractivity contribution in [2.24, 2.45) is 0 Å². The van der Waals surface area contributed by atoms with Crippen molar-refractivity contribution in [2.45, 2.75) is 4.90 Å². The molecular weight excluding hydrogens is 315 g/mol. The second kappa shape index (κ2) is 6.81. The first kappa shape index (κ1) is 13.4. The molecular formula is C14H12BrFOS. The summed E-state index contributed by atoms with van der Waals surface area (Å²) in [5.74, 6) is 0.747. The highest BCUT2D eigenvalue weighted by molar-refractivity contribution is 9.10. The molecule has 0 N–H and O–H groups in total. The highest BCUT2D eigenvalue weighted by atomic mass is 79.9. The van der Waals surface area contributed by atoms with Gasteiger partial charge in [0, 0.05) is 15.1 Å². The van der Waals surface area contributed by atoms with Crippen molar-refractivity contribution in [1.29, 1.82) is 0 Å². The summed E-state index contributed by atoms with van der Waals surface area (Å²) < 4.78 is 19.6. The number of benzene rings is 2. The number of ether oxygens (including phenoxy) is 1. The van der Waals surface area contributed by atoms with E-state index in [4.69, 9.17) is 4.74 Å². The quantitative estimate of drug-likeness (QED) is 0.578. The van der Waals surface area contributed by atoms with E-state index in [9.17, 15) is 4.39 Å². The molecule has 0 unspecified atom stereocenters. The maximum atomic E-state index is 13.4. The molecule has 0 aliphatic rings. The molecule has 94 valence electrons. The molecule has 0 bridgehead atoms. The smallest absolute Gasteiger partial charge is 0.165 e. The SMILES string of the molecule is Fc1ccc(Br)cc1OCCSc1ccccc1. The van der Waals surface area contributed by atoms with Gasteiger partial charge < -0.3 is 4.74 Å². The van der Waals surface area contributed by atoms with Crippen molar-refractivity contribution in [1.82, 2.24) is 0 Å². The average molecular weight is 327 g/mol. The highest BCUT2D eigenvalue weighted by Crippen LogP contribution is 2.23. The van der Waals surface area contributed by atoms with Crippen LogP contribution < -0.4 is 4.74 Å². The maximum Gasteiger partial charge on any atom is 0.165 e. The summed E-state index contributed by atoms with van der Waals surface area (Å²) in [6.07, 6.45) is 0. The maximum absolute atomic E-state index is 13.4. The Hall–Kier alpha value is -1.00. The van der Waals surface area contributed by atoms with E-state index in [0.29, 0.717) is 6.61 Å². The molecule has 0 spiro atoms. The highest BCUT2D eigenvalue weighted by Gasteiger charge is 2.03. The van der Waals surface area contributed by atoms with Crippen LogP contribution >= 0.6 is 27.7 Å². The van der Waals surface area contributed by atoms with Gasteiger partial charge in [-0.25, -0.2) is 4.39 Å². The Morgan fingerprint density at radius 2 is 1.89 bits per heavy atom. The molecule has 0 aliphatic heterocycles. The minimum Gasteiger partial charge on any atom is -0.490 e. The Morgan fingerprint density at radius 3 is 2.67 bits per heavy atom. The van der Waals surface area contributed by atoms with Crippen LogP contribution in [0.3, 0.4) is 0 Å². The van der Waals surface area contributed by atoms with Crippen molar-refractivity contribution in [3.05, 3.63) is 58.8 Å². The van der Waals surface area contributed by atoms with Crippen LogP contribution in [0.5, 0.6) is 5.75 Å². The van der Waals surface area contributed by atoms with Gasteiger partial charge in [0.25, 0.3) is 0 Å². The van der Waals surface area contributed by atoms with Crippen LogP contribution in [0.25, 0.3) is 0 Å². The van der Waals surface area contributed by atoms with E-state index in [1.54, 1.807) is 23.9 Å². The molecule has 0 aromatic heterocycles. The van der Waals surface area contributed by atoms with Crippen LogP contribution in [-0.4, -0.2) is 12.4 Å². The Labute approximate surface area is 118 Å². The number of rotatable bonds is 5. The summed E-state index contributed by atoms with van der Waals surface area (Å²) in [5.41, 5.74) is 0. The molecule has 2 aromatic rings. The third-order valence-electron chi connectivity index (χ3n) is 2.25. The minimum atomic E-state index is -0.331. The van der Waals surface area contributed by atoms with E-state index in [1.807, 2.05) is 30.3 Å². The van der Waals surface area contributed by atoms with Gasteiger partial charge in [-0.3, -0.25) is 0 Å². The molecule has 0 amide bonds. The predicted molar refractivity (Wildman–Crippen MR) is 76.8 cm³/mol. The fraction of sp³-hybridized carbons (Fsp3) is 0.143. The molecule has 4 heteroatoms. The molecule has 0 radical (unpaired) electrons. The zero-order valence-electron chi connectivity index (χ0n) is 9.61. The lowest BCUT2D eigenvalue weighted by molar-refractivity contribution is 0.324. The lowest BCUT2D eigenvalue weighted by Crippen LogP contribution is -2.01. The van der Waals surface area contributed by atoms with Gasteiger partial charge in [-0.2, -0.15) is 0 Å². The first-order valence-corrected chi connectivity index (χ1v) is 7.29. The van der Waals surface area contributed by atoms with Crippen LogP contribution in [0.2, 0.25) is 0 Å². The second-order valence-corrected chi connectivity index (χ2v) is 5.67. The number of halogens is 2. The summed E-state index contributed by atoms with van der Waals surface area (Å²) in [4.78, 5) is 1.19. The molecule has 2 aromatic carbocycles. The standard InChI is InChI=1S/C14H12BrFOS/c15-11-6-7-13(16)14(10-11)17-8-9-18-12-4-2-1-3-5-12/h1-7,10H,8-9H2. The molecule has 2 rings (SSSR count). The first-order valence-electron chi connectivity index (χ1n) is 5.51. The monoisotopic (exact) mass is 326 g/mol. The van der Waals surface area contributed by atoms with Gasteiger partial charge in [-0.1, -0.05) is 34.1 Å². The van der Waals surface area contributed by atoms with Crippen LogP contribution in [0.4, 0.5) is 4.39 Å².